The van der Waals surface area contributed by atoms with Crippen LogP contribution >= 0.6 is 46.6 Å². The topological polar surface area (TPSA) is 46.0 Å². The largest absolute Gasteiger partial charge is 0.391 e. The van der Waals surface area contributed by atoms with Crippen molar-refractivity contribution in [2.45, 2.75) is 16.5 Å². The molecule has 1 N–H and O–H groups in total. The molecule has 0 fully saturated rings. The molecule has 0 unspecified atom stereocenters. The van der Waals surface area contributed by atoms with E-state index in [0.29, 0.717) is 20.6 Å². The van der Waals surface area contributed by atoms with E-state index in [9.17, 15) is 5.11 Å². The summed E-state index contributed by atoms with van der Waals surface area (Å²) in [5.74, 6) is 0. The molecule has 0 amide bonds. The smallest absolute Gasteiger partial charge is 0.139 e. The summed E-state index contributed by atoms with van der Waals surface area (Å²) in [7, 11) is 0. The third-order valence-electron chi connectivity index (χ3n) is 2.12. The SMILES string of the molecule is OCc1c(Cl)ncnc1Sc1ccc(Cl)c(Cl)c1. The van der Waals surface area contributed by atoms with Crippen LogP contribution < -0.4 is 0 Å². The first-order valence-corrected chi connectivity index (χ1v) is 6.80. The monoisotopic (exact) mass is 320 g/mol. The molecule has 1 aromatic heterocycles. The minimum atomic E-state index is -0.219. The lowest BCUT2D eigenvalue weighted by molar-refractivity contribution is 0.277. The van der Waals surface area contributed by atoms with E-state index in [-0.39, 0.29) is 11.8 Å². The number of benzene rings is 1. The molecular formula is C11H7Cl3N2OS. The maximum Gasteiger partial charge on any atom is 0.139 e. The molecule has 0 bridgehead atoms. The molecule has 0 aliphatic carbocycles. The van der Waals surface area contributed by atoms with E-state index < -0.39 is 0 Å². The van der Waals surface area contributed by atoms with Crippen molar-refractivity contribution in [2.75, 3.05) is 0 Å². The molecule has 2 aromatic rings. The molecule has 0 radical (unpaired) electrons. The van der Waals surface area contributed by atoms with Crippen molar-refractivity contribution in [2.24, 2.45) is 0 Å². The van der Waals surface area contributed by atoms with Gasteiger partial charge in [-0.2, -0.15) is 0 Å². The second-order valence-corrected chi connectivity index (χ2v) is 5.52. The van der Waals surface area contributed by atoms with Crippen LogP contribution in [-0.4, -0.2) is 15.1 Å². The number of aliphatic hydroxyl groups excluding tert-OH is 1. The highest BCUT2D eigenvalue weighted by Gasteiger charge is 2.11. The Labute approximate surface area is 123 Å². The number of aliphatic hydroxyl groups is 1. The zero-order chi connectivity index (χ0) is 13.1. The Morgan fingerprint density at radius 2 is 1.89 bits per heavy atom. The lowest BCUT2D eigenvalue weighted by Crippen LogP contribution is -1.95. The van der Waals surface area contributed by atoms with Gasteiger partial charge in [0.15, 0.2) is 0 Å². The quantitative estimate of drug-likeness (QED) is 0.865. The fraction of sp³-hybridized carbons (Fsp3) is 0.0909. The Kier molecular flexibility index (Phi) is 4.70. The molecule has 0 spiro atoms. The van der Waals surface area contributed by atoms with Crippen LogP contribution in [0.15, 0.2) is 34.4 Å². The minimum Gasteiger partial charge on any atom is -0.391 e. The van der Waals surface area contributed by atoms with Gasteiger partial charge in [-0.15, -0.1) is 0 Å². The molecule has 94 valence electrons. The highest BCUT2D eigenvalue weighted by atomic mass is 35.5. The van der Waals surface area contributed by atoms with E-state index in [1.807, 2.05) is 6.07 Å². The van der Waals surface area contributed by atoms with Crippen LogP contribution in [0, 0.1) is 0 Å². The van der Waals surface area contributed by atoms with Crippen molar-refractivity contribution in [1.82, 2.24) is 9.97 Å². The molecular weight excluding hydrogens is 315 g/mol. The van der Waals surface area contributed by atoms with Crippen LogP contribution in [0.4, 0.5) is 0 Å². The van der Waals surface area contributed by atoms with Crippen LogP contribution in [0.1, 0.15) is 5.56 Å². The maximum absolute atomic E-state index is 9.25. The summed E-state index contributed by atoms with van der Waals surface area (Å²) in [5, 5.41) is 11.0. The van der Waals surface area contributed by atoms with Crippen LogP contribution in [0.5, 0.6) is 0 Å². The zero-order valence-electron chi connectivity index (χ0n) is 8.90. The van der Waals surface area contributed by atoms with E-state index in [0.717, 1.165) is 4.90 Å². The normalized spacial score (nSPS) is 10.7. The van der Waals surface area contributed by atoms with E-state index in [2.05, 4.69) is 9.97 Å². The highest BCUT2D eigenvalue weighted by Crippen LogP contribution is 2.34. The number of rotatable bonds is 3. The number of nitrogens with zero attached hydrogens (tertiary/aromatic N) is 2. The van der Waals surface area contributed by atoms with Crippen LogP contribution in [-0.2, 0) is 6.61 Å². The second-order valence-electron chi connectivity index (χ2n) is 3.28. The summed E-state index contributed by atoms with van der Waals surface area (Å²) >= 11 is 19.0. The van der Waals surface area contributed by atoms with Gasteiger partial charge in [-0.3, -0.25) is 0 Å². The van der Waals surface area contributed by atoms with Gasteiger partial charge in [-0.25, -0.2) is 9.97 Å². The molecule has 0 aliphatic rings. The number of halogens is 3. The van der Waals surface area contributed by atoms with Crippen molar-refractivity contribution in [1.29, 1.82) is 0 Å². The average Bonchev–Trinajstić information content (AvgIpc) is 2.34. The zero-order valence-corrected chi connectivity index (χ0v) is 12.0. The summed E-state index contributed by atoms with van der Waals surface area (Å²) in [4.78, 5) is 8.76. The Hall–Kier alpha value is -0.520. The average molecular weight is 322 g/mol. The lowest BCUT2D eigenvalue weighted by Gasteiger charge is -2.07. The van der Waals surface area contributed by atoms with Crippen molar-refractivity contribution < 1.29 is 5.11 Å². The predicted molar refractivity (Wildman–Crippen MR) is 73.5 cm³/mol. The fourth-order valence-corrected chi connectivity index (χ4v) is 2.78. The standard InChI is InChI=1S/C11H7Cl3N2OS/c12-8-2-1-6(3-9(8)13)18-11-7(4-17)10(14)15-5-16-11/h1-3,5,17H,4H2. The van der Waals surface area contributed by atoms with Crippen molar-refractivity contribution >= 4 is 46.6 Å². The first-order chi connectivity index (χ1) is 8.61. The van der Waals surface area contributed by atoms with Crippen molar-refractivity contribution in [3.63, 3.8) is 0 Å². The van der Waals surface area contributed by atoms with Crippen LogP contribution in [0.3, 0.4) is 0 Å². The summed E-state index contributed by atoms with van der Waals surface area (Å²) < 4.78 is 0. The molecule has 1 aromatic carbocycles. The summed E-state index contributed by atoms with van der Waals surface area (Å²) in [6.07, 6.45) is 1.35. The van der Waals surface area contributed by atoms with Crippen LogP contribution in [0.2, 0.25) is 15.2 Å². The Bertz CT molecular complexity index is 580. The fourth-order valence-electron chi connectivity index (χ4n) is 1.25. The molecule has 0 atom stereocenters. The molecule has 2 rings (SSSR count). The van der Waals surface area contributed by atoms with E-state index >= 15 is 0 Å². The van der Waals surface area contributed by atoms with E-state index in [4.69, 9.17) is 34.8 Å². The Balaban J connectivity index is 2.34. The summed E-state index contributed by atoms with van der Waals surface area (Å²) in [6.45, 7) is -0.219. The third-order valence-corrected chi connectivity index (χ3v) is 4.22. The lowest BCUT2D eigenvalue weighted by atomic mass is 10.4. The van der Waals surface area contributed by atoms with Gasteiger partial charge < -0.3 is 5.11 Å². The van der Waals surface area contributed by atoms with Crippen molar-refractivity contribution in [3.8, 4) is 0 Å². The van der Waals surface area contributed by atoms with Gasteiger partial charge in [0.25, 0.3) is 0 Å². The van der Waals surface area contributed by atoms with Gasteiger partial charge in [0.2, 0.25) is 0 Å². The molecule has 0 saturated carbocycles. The van der Waals surface area contributed by atoms with Gasteiger partial charge in [0, 0.05) is 10.5 Å². The first kappa shape index (κ1) is 13.9. The third kappa shape index (κ3) is 3.08. The van der Waals surface area contributed by atoms with Gasteiger partial charge in [-0.1, -0.05) is 46.6 Å². The molecule has 0 aliphatic heterocycles. The molecule has 18 heavy (non-hydrogen) atoms. The van der Waals surface area contributed by atoms with Gasteiger partial charge in [0.05, 0.1) is 16.7 Å². The maximum atomic E-state index is 9.25. The van der Waals surface area contributed by atoms with Gasteiger partial charge in [0.1, 0.15) is 16.5 Å². The minimum absolute atomic E-state index is 0.219. The van der Waals surface area contributed by atoms with Gasteiger partial charge >= 0.3 is 0 Å². The van der Waals surface area contributed by atoms with E-state index in [1.54, 1.807) is 12.1 Å². The van der Waals surface area contributed by atoms with E-state index in [1.165, 1.54) is 18.1 Å². The summed E-state index contributed by atoms with van der Waals surface area (Å²) in [6, 6.07) is 5.25. The number of hydrogen-bond acceptors (Lipinski definition) is 4. The van der Waals surface area contributed by atoms with Gasteiger partial charge in [-0.05, 0) is 18.2 Å². The predicted octanol–water partition coefficient (Wildman–Crippen LogP) is 4.08. The number of aromatic nitrogens is 2. The summed E-state index contributed by atoms with van der Waals surface area (Å²) in [5.41, 5.74) is 0.496. The molecule has 0 saturated heterocycles. The Morgan fingerprint density at radius 1 is 1.11 bits per heavy atom. The Morgan fingerprint density at radius 3 is 2.56 bits per heavy atom. The first-order valence-electron chi connectivity index (χ1n) is 4.85. The molecule has 1 heterocycles. The van der Waals surface area contributed by atoms with Crippen LogP contribution in [0.25, 0.3) is 0 Å². The molecule has 7 heteroatoms. The number of hydrogen-bond donors (Lipinski definition) is 1. The van der Waals surface area contributed by atoms with Crippen molar-refractivity contribution in [3.05, 3.63) is 45.3 Å². The molecule has 3 nitrogen and oxygen atoms in total. The highest BCUT2D eigenvalue weighted by molar-refractivity contribution is 7.99. The second kappa shape index (κ2) is 6.08.